The molecule has 2 N–H and O–H groups in total. The number of ether oxygens (including phenoxy) is 1. The van der Waals surface area contributed by atoms with Gasteiger partial charge in [-0.1, -0.05) is 6.92 Å². The van der Waals surface area contributed by atoms with Gasteiger partial charge in [0.15, 0.2) is 0 Å². The third-order valence-electron chi connectivity index (χ3n) is 2.87. The van der Waals surface area contributed by atoms with E-state index in [2.05, 4.69) is 24.9 Å². The van der Waals surface area contributed by atoms with E-state index in [9.17, 15) is 0 Å². The van der Waals surface area contributed by atoms with Crippen molar-refractivity contribution in [2.24, 2.45) is 5.92 Å². The van der Waals surface area contributed by atoms with Crippen LogP contribution in [0.15, 0.2) is 30.8 Å². The third kappa shape index (κ3) is 1.82. The zero-order valence-electron chi connectivity index (χ0n) is 9.10. The van der Waals surface area contributed by atoms with Crippen molar-refractivity contribution in [2.75, 3.05) is 5.73 Å². The number of allylic oxidation sites excluding steroid dienone is 1. The molecule has 0 saturated heterocycles. The molecule has 0 aromatic carbocycles. The van der Waals surface area contributed by atoms with E-state index in [1.165, 1.54) is 0 Å². The number of aromatic nitrogens is 1. The van der Waals surface area contributed by atoms with Crippen LogP contribution in [0.5, 0.6) is 0 Å². The number of rotatable bonds is 1. The van der Waals surface area contributed by atoms with Crippen LogP contribution in [0.4, 0.5) is 5.69 Å². The molecule has 0 saturated carbocycles. The van der Waals surface area contributed by atoms with Crippen LogP contribution >= 0.6 is 0 Å². The number of anilines is 1. The average Bonchev–Trinajstić information content (AvgIpc) is 2.17. The van der Waals surface area contributed by atoms with Crippen LogP contribution in [0.3, 0.4) is 0 Å². The number of hydrogen-bond donors (Lipinski definition) is 1. The Labute approximate surface area is 90.0 Å². The Balaban J connectivity index is 2.38. The summed E-state index contributed by atoms with van der Waals surface area (Å²) in [5, 5.41) is 0. The first-order chi connectivity index (χ1) is 7.12. The number of nitrogens with two attached hydrogens (primary N) is 1. The molecular formula is C12H16N2O. The summed E-state index contributed by atoms with van der Waals surface area (Å²) in [5.74, 6) is 0.510. The van der Waals surface area contributed by atoms with Gasteiger partial charge in [0, 0.05) is 11.8 Å². The van der Waals surface area contributed by atoms with Crippen molar-refractivity contribution in [1.82, 2.24) is 4.98 Å². The quantitative estimate of drug-likeness (QED) is 0.764. The summed E-state index contributed by atoms with van der Waals surface area (Å²) in [4.78, 5) is 3.99. The van der Waals surface area contributed by atoms with E-state index in [0.717, 1.165) is 12.0 Å². The summed E-state index contributed by atoms with van der Waals surface area (Å²) in [6, 6.07) is 1.93. The SMILES string of the molecule is CC1C=COC(C)(c2ccncc2N)C1. The van der Waals surface area contributed by atoms with Gasteiger partial charge in [-0.3, -0.25) is 4.98 Å². The zero-order valence-corrected chi connectivity index (χ0v) is 9.10. The standard InChI is InChI=1S/C12H16N2O/c1-9-4-6-15-12(2,7-9)10-3-5-14-8-11(10)13/h3-6,8-9H,7,13H2,1-2H3. The molecule has 3 heteroatoms. The number of pyridine rings is 1. The zero-order chi connectivity index (χ0) is 10.9. The Morgan fingerprint density at radius 3 is 3.07 bits per heavy atom. The van der Waals surface area contributed by atoms with Crippen molar-refractivity contribution in [2.45, 2.75) is 25.9 Å². The fourth-order valence-electron chi connectivity index (χ4n) is 2.12. The second-order valence-electron chi connectivity index (χ2n) is 4.32. The van der Waals surface area contributed by atoms with Gasteiger partial charge in [0.25, 0.3) is 0 Å². The maximum atomic E-state index is 5.92. The van der Waals surface area contributed by atoms with Crippen molar-refractivity contribution >= 4 is 5.69 Å². The van der Waals surface area contributed by atoms with Gasteiger partial charge < -0.3 is 10.5 Å². The van der Waals surface area contributed by atoms with Gasteiger partial charge in [0.05, 0.1) is 18.1 Å². The molecule has 80 valence electrons. The van der Waals surface area contributed by atoms with Crippen LogP contribution < -0.4 is 5.73 Å². The summed E-state index contributed by atoms with van der Waals surface area (Å²) >= 11 is 0. The second-order valence-corrected chi connectivity index (χ2v) is 4.32. The largest absolute Gasteiger partial charge is 0.491 e. The molecule has 1 aliphatic rings. The predicted octanol–water partition coefficient (Wildman–Crippen LogP) is 2.45. The van der Waals surface area contributed by atoms with Crippen LogP contribution in [-0.4, -0.2) is 4.98 Å². The summed E-state index contributed by atoms with van der Waals surface area (Å²) in [6.07, 6.45) is 8.21. The van der Waals surface area contributed by atoms with E-state index < -0.39 is 0 Å². The molecule has 1 aliphatic heterocycles. The molecule has 0 bridgehead atoms. The molecule has 3 nitrogen and oxygen atoms in total. The fraction of sp³-hybridized carbons (Fsp3) is 0.417. The summed E-state index contributed by atoms with van der Waals surface area (Å²) in [5.41, 5.74) is 7.32. The van der Waals surface area contributed by atoms with Gasteiger partial charge >= 0.3 is 0 Å². The first kappa shape index (κ1) is 10.0. The summed E-state index contributed by atoms with van der Waals surface area (Å²) in [7, 11) is 0. The van der Waals surface area contributed by atoms with Gasteiger partial charge in [-0.25, -0.2) is 0 Å². The highest BCUT2D eigenvalue weighted by Gasteiger charge is 2.33. The molecule has 2 rings (SSSR count). The van der Waals surface area contributed by atoms with Crippen molar-refractivity contribution in [3.8, 4) is 0 Å². The summed E-state index contributed by atoms with van der Waals surface area (Å²) < 4.78 is 5.71. The molecule has 0 spiro atoms. The molecule has 1 aromatic heterocycles. The van der Waals surface area contributed by atoms with Gasteiger partial charge in [-0.2, -0.15) is 0 Å². The van der Waals surface area contributed by atoms with Crippen molar-refractivity contribution in [3.63, 3.8) is 0 Å². The van der Waals surface area contributed by atoms with Gasteiger partial charge in [0.2, 0.25) is 0 Å². The monoisotopic (exact) mass is 204 g/mol. The van der Waals surface area contributed by atoms with Crippen LogP contribution in [-0.2, 0) is 10.3 Å². The lowest BCUT2D eigenvalue weighted by Crippen LogP contribution is -2.29. The topological polar surface area (TPSA) is 48.1 Å². The van der Waals surface area contributed by atoms with Crippen LogP contribution in [0.25, 0.3) is 0 Å². The smallest absolute Gasteiger partial charge is 0.133 e. The van der Waals surface area contributed by atoms with Crippen LogP contribution in [0.2, 0.25) is 0 Å². The van der Waals surface area contributed by atoms with E-state index >= 15 is 0 Å². The van der Waals surface area contributed by atoms with Crippen molar-refractivity contribution in [3.05, 3.63) is 36.4 Å². The molecule has 2 unspecified atom stereocenters. The Morgan fingerprint density at radius 1 is 1.60 bits per heavy atom. The predicted molar refractivity (Wildman–Crippen MR) is 60.0 cm³/mol. The minimum absolute atomic E-state index is 0.318. The highest BCUT2D eigenvalue weighted by molar-refractivity contribution is 5.47. The third-order valence-corrected chi connectivity index (χ3v) is 2.87. The van der Waals surface area contributed by atoms with Gasteiger partial charge in [-0.15, -0.1) is 0 Å². The summed E-state index contributed by atoms with van der Waals surface area (Å²) in [6.45, 7) is 4.24. The average molecular weight is 204 g/mol. The number of hydrogen-bond acceptors (Lipinski definition) is 3. The molecule has 2 heterocycles. The number of nitrogens with zero attached hydrogens (tertiary/aromatic N) is 1. The lowest BCUT2D eigenvalue weighted by Gasteiger charge is -2.35. The second kappa shape index (κ2) is 3.57. The normalized spacial score (nSPS) is 29.9. The maximum absolute atomic E-state index is 5.92. The van der Waals surface area contributed by atoms with Gasteiger partial charge in [-0.05, 0) is 31.4 Å². The van der Waals surface area contributed by atoms with Crippen molar-refractivity contribution < 1.29 is 4.74 Å². The fourth-order valence-corrected chi connectivity index (χ4v) is 2.12. The van der Waals surface area contributed by atoms with E-state index in [4.69, 9.17) is 10.5 Å². The highest BCUT2D eigenvalue weighted by atomic mass is 16.5. The first-order valence-electron chi connectivity index (χ1n) is 5.16. The Kier molecular flexibility index (Phi) is 2.39. The Bertz CT molecular complexity index is 389. The van der Waals surface area contributed by atoms with E-state index in [1.807, 2.05) is 6.07 Å². The molecule has 2 atom stereocenters. The van der Waals surface area contributed by atoms with Crippen molar-refractivity contribution in [1.29, 1.82) is 0 Å². The highest BCUT2D eigenvalue weighted by Crippen LogP contribution is 2.38. The van der Waals surface area contributed by atoms with Crippen LogP contribution in [0, 0.1) is 5.92 Å². The molecule has 0 fully saturated rings. The lowest BCUT2D eigenvalue weighted by atomic mass is 9.85. The molecule has 1 aromatic rings. The number of nitrogen functional groups attached to an aromatic ring is 1. The molecule has 0 aliphatic carbocycles. The lowest BCUT2D eigenvalue weighted by molar-refractivity contribution is 0.00585. The molecular weight excluding hydrogens is 188 g/mol. The first-order valence-corrected chi connectivity index (χ1v) is 5.16. The van der Waals surface area contributed by atoms with E-state index in [0.29, 0.717) is 11.6 Å². The van der Waals surface area contributed by atoms with E-state index in [1.54, 1.807) is 18.7 Å². The maximum Gasteiger partial charge on any atom is 0.133 e. The van der Waals surface area contributed by atoms with Crippen LogP contribution in [0.1, 0.15) is 25.8 Å². The molecule has 15 heavy (non-hydrogen) atoms. The minimum atomic E-state index is -0.318. The Hall–Kier alpha value is -1.51. The van der Waals surface area contributed by atoms with E-state index in [-0.39, 0.29) is 5.60 Å². The Morgan fingerprint density at radius 2 is 2.40 bits per heavy atom. The minimum Gasteiger partial charge on any atom is -0.491 e. The molecule has 0 amide bonds. The van der Waals surface area contributed by atoms with Gasteiger partial charge in [0.1, 0.15) is 5.60 Å². The molecule has 0 radical (unpaired) electrons.